The Balaban J connectivity index is 1.36. The van der Waals surface area contributed by atoms with E-state index in [1.807, 2.05) is 0 Å². The lowest BCUT2D eigenvalue weighted by Gasteiger charge is -2.25. The normalized spacial score (nSPS) is 21.2. The second-order valence-electron chi connectivity index (χ2n) is 11.6. The van der Waals surface area contributed by atoms with Crippen molar-refractivity contribution in [2.75, 3.05) is 18.9 Å². The molecule has 1 saturated carbocycles. The molecule has 0 amide bonds. The predicted octanol–water partition coefficient (Wildman–Crippen LogP) is 4.87. The van der Waals surface area contributed by atoms with Crippen molar-refractivity contribution in [3.63, 3.8) is 0 Å². The summed E-state index contributed by atoms with van der Waals surface area (Å²) in [5.41, 5.74) is 9.24. The van der Waals surface area contributed by atoms with Crippen molar-refractivity contribution in [3.05, 3.63) is 54.5 Å². The summed E-state index contributed by atoms with van der Waals surface area (Å²) in [5, 5.41) is 2.61. The van der Waals surface area contributed by atoms with Crippen molar-refractivity contribution in [2.24, 2.45) is 5.92 Å². The van der Waals surface area contributed by atoms with Crippen LogP contribution in [0, 0.1) is 12.0 Å². The minimum atomic E-state index is -4.31. The first-order valence-corrected chi connectivity index (χ1v) is 16.9. The molecule has 3 aromatic rings. The van der Waals surface area contributed by atoms with Crippen LogP contribution in [0.2, 0.25) is 0 Å². The Morgan fingerprint density at radius 3 is 2.74 bits per heavy atom. The molecule has 0 radical (unpaired) electrons. The number of carbonyl (C=O) groups is 2. The number of halogens is 1. The van der Waals surface area contributed by atoms with E-state index in [-0.39, 0.29) is 35.3 Å². The molecule has 1 saturated heterocycles. The summed E-state index contributed by atoms with van der Waals surface area (Å²) >= 11 is 0. The van der Waals surface area contributed by atoms with Crippen molar-refractivity contribution in [3.8, 4) is 5.75 Å². The van der Waals surface area contributed by atoms with E-state index in [0.717, 1.165) is 32.1 Å². The Morgan fingerprint density at radius 2 is 2.00 bits per heavy atom. The zero-order chi connectivity index (χ0) is 33.6. The summed E-state index contributed by atoms with van der Waals surface area (Å²) in [5.74, 6) is -1.52. The number of hydrogen-bond donors (Lipinski definition) is 2. The van der Waals surface area contributed by atoms with E-state index in [4.69, 9.17) is 29.0 Å². The molecule has 5 rings (SSSR count). The number of carbonyl (C=O) groups excluding carboxylic acids is 2. The van der Waals surface area contributed by atoms with Gasteiger partial charge in [-0.3, -0.25) is 18.7 Å². The van der Waals surface area contributed by atoms with Crippen LogP contribution in [0.25, 0.3) is 17.2 Å². The number of hydrogen-bond acceptors (Lipinski definition) is 12. The van der Waals surface area contributed by atoms with Gasteiger partial charge in [0.1, 0.15) is 36.8 Å². The maximum atomic E-state index is 14.2. The molecule has 4 atom stereocenters. The van der Waals surface area contributed by atoms with Crippen molar-refractivity contribution >= 4 is 42.7 Å². The van der Waals surface area contributed by atoms with Gasteiger partial charge in [-0.25, -0.2) is 14.6 Å². The first kappa shape index (κ1) is 34.2. The quantitative estimate of drug-likeness (QED) is 0.109. The van der Waals surface area contributed by atoms with Crippen LogP contribution in [-0.2, 0) is 32.9 Å². The molecule has 3 N–H and O–H groups in total. The Labute approximate surface area is 271 Å². The first-order valence-electron chi connectivity index (χ1n) is 15.4. The summed E-state index contributed by atoms with van der Waals surface area (Å²) in [6.07, 6.45) is 3.63. The van der Waals surface area contributed by atoms with Crippen molar-refractivity contribution in [2.45, 2.75) is 76.9 Å². The Morgan fingerprint density at radius 1 is 1.23 bits per heavy atom. The molecule has 47 heavy (non-hydrogen) atoms. The van der Waals surface area contributed by atoms with E-state index in [1.54, 1.807) is 38.1 Å². The van der Waals surface area contributed by atoms with Crippen molar-refractivity contribution in [1.29, 1.82) is 0 Å². The van der Waals surface area contributed by atoms with Gasteiger partial charge < -0.3 is 24.5 Å². The van der Waals surface area contributed by atoms with Gasteiger partial charge in [0.25, 0.3) is 0 Å². The fourth-order valence-electron chi connectivity index (χ4n) is 5.32. The largest absolute Gasteiger partial charge is 0.461 e. The van der Waals surface area contributed by atoms with Crippen LogP contribution in [0.4, 0.5) is 10.2 Å². The summed E-state index contributed by atoms with van der Waals surface area (Å²) < 4.78 is 59.0. The van der Waals surface area contributed by atoms with E-state index >= 15 is 0 Å². The van der Waals surface area contributed by atoms with E-state index in [0.29, 0.717) is 5.56 Å². The van der Waals surface area contributed by atoms with Crippen molar-refractivity contribution < 1.29 is 41.8 Å². The smallest absolute Gasteiger partial charge is 0.459 e. The lowest BCUT2D eigenvalue weighted by atomic mass is 9.98. The van der Waals surface area contributed by atoms with Crippen LogP contribution in [-0.4, -0.2) is 62.9 Å². The molecule has 3 heterocycles. The van der Waals surface area contributed by atoms with Gasteiger partial charge >= 0.3 is 25.8 Å². The third kappa shape index (κ3) is 8.62. The van der Waals surface area contributed by atoms with Gasteiger partial charge in [0.15, 0.2) is 17.0 Å². The van der Waals surface area contributed by atoms with Gasteiger partial charge in [-0.15, -0.1) is 5.73 Å². The summed E-state index contributed by atoms with van der Waals surface area (Å²) in [6, 6.07) is 6.71. The maximum Gasteiger partial charge on any atom is 0.459 e. The first-order chi connectivity index (χ1) is 22.5. The standard InChI is InChI=1S/C31H38FN6O8P/c1-4-10-20-11-8-9-14-22(20)46-47(41,35-16-26(39)43-21-12-6-5-7-13-21)42-17-24-23(45-30(40)19(2)3)15-25(44-24)38-18-34-27-28(33)36-31(32)37-29(27)38/h8-11,14,18-19,21,23-25H,1,5-7,12-13,15-17H2,2-3H3,(H,35,41)(H2,33,36,37)/t23-,24+,25+,47-/m0/s1. The molecule has 0 unspecified atom stereocenters. The van der Waals surface area contributed by atoms with Crippen LogP contribution >= 0.6 is 7.75 Å². The molecule has 1 aliphatic carbocycles. The molecule has 16 heteroatoms. The number of fused-ring (bicyclic) bond motifs is 1. The number of benzene rings is 1. The zero-order valence-electron chi connectivity index (χ0n) is 26.2. The molecular formula is C31H38FN6O8P. The molecule has 2 aliphatic rings. The van der Waals surface area contributed by atoms with E-state index < -0.39 is 63.3 Å². The number of nitrogen functional groups attached to an aromatic ring is 1. The average Bonchev–Trinajstić information content (AvgIpc) is 3.65. The predicted molar refractivity (Wildman–Crippen MR) is 168 cm³/mol. The number of aromatic nitrogens is 4. The second kappa shape index (κ2) is 15.2. The molecular weight excluding hydrogens is 634 g/mol. The van der Waals surface area contributed by atoms with Gasteiger partial charge in [-0.2, -0.15) is 14.4 Å². The van der Waals surface area contributed by atoms with Gasteiger partial charge in [-0.05, 0) is 37.8 Å². The molecule has 2 aromatic heterocycles. The highest BCUT2D eigenvalue weighted by atomic mass is 31.2. The number of anilines is 1. The summed E-state index contributed by atoms with van der Waals surface area (Å²) in [6.45, 7) is 6.09. The molecule has 1 aromatic carbocycles. The summed E-state index contributed by atoms with van der Waals surface area (Å²) in [4.78, 5) is 36.9. The highest BCUT2D eigenvalue weighted by Crippen LogP contribution is 2.46. The fourth-order valence-corrected chi connectivity index (χ4v) is 6.62. The molecule has 1 aliphatic heterocycles. The lowest BCUT2D eigenvalue weighted by Crippen LogP contribution is -2.34. The van der Waals surface area contributed by atoms with Crippen LogP contribution in [0.15, 0.2) is 42.9 Å². The molecule has 14 nitrogen and oxygen atoms in total. The monoisotopic (exact) mass is 672 g/mol. The van der Waals surface area contributed by atoms with Crippen LogP contribution in [0.5, 0.6) is 5.75 Å². The minimum absolute atomic E-state index is 0.0783. The Hall–Kier alpha value is -4.13. The third-order valence-electron chi connectivity index (χ3n) is 7.72. The fraction of sp³-hybridized carbons (Fsp3) is 0.484. The number of nitrogens with two attached hydrogens (primary N) is 1. The number of imidazole rings is 1. The maximum absolute atomic E-state index is 14.2. The van der Waals surface area contributed by atoms with Gasteiger partial charge in [0.2, 0.25) is 0 Å². The van der Waals surface area contributed by atoms with E-state index in [1.165, 1.54) is 17.0 Å². The highest BCUT2D eigenvalue weighted by molar-refractivity contribution is 7.52. The number of ether oxygens (including phenoxy) is 3. The molecule has 252 valence electrons. The zero-order valence-corrected chi connectivity index (χ0v) is 27.1. The molecule has 2 fully saturated rings. The third-order valence-corrected chi connectivity index (χ3v) is 9.19. The number of nitrogens with zero attached hydrogens (tertiary/aromatic N) is 4. The lowest BCUT2D eigenvalue weighted by molar-refractivity contribution is -0.156. The van der Waals surface area contributed by atoms with Gasteiger partial charge in [-0.1, -0.05) is 45.0 Å². The van der Waals surface area contributed by atoms with Crippen molar-refractivity contribution in [1.82, 2.24) is 24.6 Å². The Bertz CT molecular complexity index is 1690. The van der Waals surface area contributed by atoms with E-state index in [9.17, 15) is 18.5 Å². The van der Waals surface area contributed by atoms with Crippen LogP contribution in [0.3, 0.4) is 0 Å². The van der Waals surface area contributed by atoms with Crippen LogP contribution < -0.4 is 15.3 Å². The van der Waals surface area contributed by atoms with Gasteiger partial charge in [0.05, 0.1) is 18.9 Å². The summed E-state index contributed by atoms with van der Waals surface area (Å²) in [7, 11) is -4.31. The van der Waals surface area contributed by atoms with E-state index in [2.05, 4.69) is 32.3 Å². The highest BCUT2D eigenvalue weighted by Gasteiger charge is 2.42. The number of nitrogens with one attached hydrogen (secondary N) is 1. The molecule has 0 bridgehead atoms. The number of esters is 2. The number of para-hydroxylation sites is 1. The number of rotatable bonds is 13. The SMILES string of the molecule is C=C=Cc1ccccc1O[P@](=O)(NCC(=O)OC1CCCCC1)OC[C@H]1O[C@@H](n2cnc3c(N)nc(F)nc32)C[C@@H]1OC(=O)C(C)C. The average molecular weight is 673 g/mol. The second-order valence-corrected chi connectivity index (χ2v) is 13.3. The topological polar surface area (TPSA) is 179 Å². The minimum Gasteiger partial charge on any atom is -0.461 e. The van der Waals surface area contributed by atoms with Crippen LogP contribution in [0.1, 0.15) is 64.2 Å². The Kier molecular flexibility index (Phi) is 11.1. The van der Waals surface area contributed by atoms with Gasteiger partial charge in [0, 0.05) is 12.0 Å². The molecule has 0 spiro atoms.